The van der Waals surface area contributed by atoms with Crippen molar-refractivity contribution in [3.05, 3.63) is 59.1 Å². The molecule has 2 amide bonds. The molecule has 2 aromatic rings. The molecule has 0 unspecified atom stereocenters. The molecule has 2 fully saturated rings. The summed E-state index contributed by atoms with van der Waals surface area (Å²) in [5.41, 5.74) is -0.372. The molecule has 0 aliphatic heterocycles. The fourth-order valence-corrected chi connectivity index (χ4v) is 3.51. The second-order valence-corrected chi connectivity index (χ2v) is 7.74. The Labute approximate surface area is 170 Å². The molecule has 29 heavy (non-hydrogen) atoms. The highest BCUT2D eigenvalue weighted by Gasteiger charge is 2.84. The van der Waals surface area contributed by atoms with Crippen LogP contribution in [0, 0.1) is 17.0 Å². The lowest BCUT2D eigenvalue weighted by Crippen LogP contribution is -2.34. The van der Waals surface area contributed by atoms with Crippen molar-refractivity contribution in [3.63, 3.8) is 0 Å². The fraction of sp³-hybridized carbons (Fsp3) is 0.300. The summed E-state index contributed by atoms with van der Waals surface area (Å²) in [4.78, 5) is 24.0. The maximum Gasteiger partial charge on any atom is 0.411 e. The predicted molar refractivity (Wildman–Crippen MR) is 101 cm³/mol. The highest BCUT2D eigenvalue weighted by Crippen LogP contribution is 2.78. The average molecular weight is 423 g/mol. The second-order valence-electron chi connectivity index (χ2n) is 7.34. The third-order valence-electron chi connectivity index (χ3n) is 5.25. The SMILES string of the molecule is O=C(COc1ccc(F)cc1)NC12CC1(COC(=O)Nc1ccc(Cl)c(F)c1)C2. The van der Waals surface area contributed by atoms with Gasteiger partial charge in [0.1, 0.15) is 24.0 Å². The number of nitrogens with one attached hydrogen (secondary N) is 2. The fourth-order valence-electron chi connectivity index (χ4n) is 3.39. The molecule has 0 radical (unpaired) electrons. The van der Waals surface area contributed by atoms with Crippen molar-refractivity contribution >= 4 is 29.3 Å². The van der Waals surface area contributed by atoms with Gasteiger partial charge in [0.25, 0.3) is 5.91 Å². The lowest BCUT2D eigenvalue weighted by atomic mass is 10.2. The first-order chi connectivity index (χ1) is 13.8. The van der Waals surface area contributed by atoms with Crippen LogP contribution in [0.15, 0.2) is 42.5 Å². The molecule has 2 aliphatic rings. The molecule has 2 N–H and O–H groups in total. The Kier molecular flexibility index (Phi) is 4.82. The monoisotopic (exact) mass is 422 g/mol. The zero-order valence-electron chi connectivity index (χ0n) is 15.1. The van der Waals surface area contributed by atoms with Crippen molar-refractivity contribution in [1.82, 2.24) is 5.32 Å². The Bertz CT molecular complexity index is 961. The number of anilines is 1. The first kappa shape index (κ1) is 19.4. The van der Waals surface area contributed by atoms with Gasteiger partial charge in [-0.25, -0.2) is 13.6 Å². The summed E-state index contributed by atoms with van der Waals surface area (Å²) >= 11 is 5.59. The number of rotatable bonds is 7. The van der Waals surface area contributed by atoms with Crippen molar-refractivity contribution < 1.29 is 27.8 Å². The Morgan fingerprint density at radius 1 is 1.10 bits per heavy atom. The molecule has 9 heteroatoms. The van der Waals surface area contributed by atoms with Crippen LogP contribution in [0.1, 0.15) is 12.8 Å². The van der Waals surface area contributed by atoms with Crippen LogP contribution < -0.4 is 15.4 Å². The van der Waals surface area contributed by atoms with Gasteiger partial charge >= 0.3 is 6.09 Å². The van der Waals surface area contributed by atoms with Crippen molar-refractivity contribution in [1.29, 1.82) is 0 Å². The molecule has 6 nitrogen and oxygen atoms in total. The van der Waals surface area contributed by atoms with E-state index in [1.54, 1.807) is 0 Å². The molecule has 0 bridgehead atoms. The summed E-state index contributed by atoms with van der Waals surface area (Å²) in [7, 11) is 0. The van der Waals surface area contributed by atoms with E-state index >= 15 is 0 Å². The zero-order chi connectivity index (χ0) is 20.6. The van der Waals surface area contributed by atoms with Gasteiger partial charge in [-0.3, -0.25) is 10.1 Å². The van der Waals surface area contributed by atoms with Gasteiger partial charge in [-0.1, -0.05) is 11.6 Å². The normalized spacial score (nSPS) is 23.6. The van der Waals surface area contributed by atoms with Gasteiger partial charge in [0.15, 0.2) is 6.61 Å². The number of benzene rings is 2. The van der Waals surface area contributed by atoms with E-state index in [1.807, 2.05) is 0 Å². The maximum absolute atomic E-state index is 13.4. The van der Waals surface area contributed by atoms with Crippen LogP contribution in [0.2, 0.25) is 5.02 Å². The van der Waals surface area contributed by atoms with E-state index in [0.29, 0.717) is 18.6 Å². The summed E-state index contributed by atoms with van der Waals surface area (Å²) in [5, 5.41) is 5.29. The Balaban J connectivity index is 1.19. The van der Waals surface area contributed by atoms with Gasteiger partial charge in [-0.2, -0.15) is 0 Å². The standard InChI is InChI=1S/C20H17ClF2N2O4/c21-15-6-3-13(7-16(15)23)24-18(27)29-11-19-9-20(19,10-19)25-17(26)8-28-14-4-1-12(22)2-5-14/h1-7H,8-11H2,(H,24,27)(H,25,26). The topological polar surface area (TPSA) is 76.7 Å². The van der Waals surface area contributed by atoms with Crippen LogP contribution >= 0.6 is 11.6 Å². The van der Waals surface area contributed by atoms with E-state index < -0.39 is 11.9 Å². The van der Waals surface area contributed by atoms with Crippen molar-refractivity contribution in [2.24, 2.45) is 5.41 Å². The van der Waals surface area contributed by atoms with E-state index in [-0.39, 0.29) is 46.6 Å². The first-order valence-corrected chi connectivity index (χ1v) is 9.27. The van der Waals surface area contributed by atoms with Crippen LogP contribution in [-0.4, -0.2) is 30.8 Å². The summed E-state index contributed by atoms with van der Waals surface area (Å²) in [6.07, 6.45) is 0.718. The van der Waals surface area contributed by atoms with Crippen LogP contribution in [0.3, 0.4) is 0 Å². The highest BCUT2D eigenvalue weighted by atomic mass is 35.5. The Morgan fingerprint density at radius 3 is 2.52 bits per heavy atom. The number of fused-ring (bicyclic) bond motifs is 1. The third-order valence-corrected chi connectivity index (χ3v) is 5.56. The molecular formula is C20H17ClF2N2O4. The number of hydrogen-bond donors (Lipinski definition) is 2. The smallest absolute Gasteiger partial charge is 0.411 e. The van der Waals surface area contributed by atoms with E-state index in [2.05, 4.69) is 10.6 Å². The van der Waals surface area contributed by atoms with Gasteiger partial charge in [-0.15, -0.1) is 0 Å². The first-order valence-electron chi connectivity index (χ1n) is 8.89. The molecule has 0 heterocycles. The lowest BCUT2D eigenvalue weighted by Gasteiger charge is -2.08. The molecule has 2 saturated carbocycles. The number of amides is 2. The van der Waals surface area contributed by atoms with Gasteiger partial charge in [0.05, 0.1) is 10.6 Å². The van der Waals surface area contributed by atoms with E-state index in [0.717, 1.165) is 6.07 Å². The number of carbonyl (C=O) groups is 2. The van der Waals surface area contributed by atoms with E-state index in [1.165, 1.54) is 36.4 Å². The van der Waals surface area contributed by atoms with Crippen LogP contribution in [0.5, 0.6) is 5.75 Å². The van der Waals surface area contributed by atoms with Crippen LogP contribution in [0.25, 0.3) is 0 Å². The van der Waals surface area contributed by atoms with Gasteiger partial charge in [0, 0.05) is 11.1 Å². The molecule has 0 saturated heterocycles. The molecule has 0 spiro atoms. The number of hydrogen-bond acceptors (Lipinski definition) is 4. The molecular weight excluding hydrogens is 406 g/mol. The number of carbonyl (C=O) groups excluding carboxylic acids is 2. The quantitative estimate of drug-likeness (QED) is 0.709. The molecule has 152 valence electrons. The molecule has 2 aliphatic carbocycles. The lowest BCUT2D eigenvalue weighted by molar-refractivity contribution is -0.123. The molecule has 0 atom stereocenters. The third kappa shape index (κ3) is 4.12. The molecule has 2 aromatic carbocycles. The minimum atomic E-state index is -0.709. The van der Waals surface area contributed by atoms with Crippen LogP contribution in [-0.2, 0) is 9.53 Å². The second kappa shape index (κ2) is 7.18. The van der Waals surface area contributed by atoms with Crippen LogP contribution in [0.4, 0.5) is 19.3 Å². The zero-order valence-corrected chi connectivity index (χ0v) is 15.9. The van der Waals surface area contributed by atoms with Crippen molar-refractivity contribution in [2.45, 2.75) is 18.4 Å². The highest BCUT2D eigenvalue weighted by molar-refractivity contribution is 6.30. The Hall–Kier alpha value is -2.87. The van der Waals surface area contributed by atoms with E-state index in [9.17, 15) is 18.4 Å². The Morgan fingerprint density at radius 2 is 1.83 bits per heavy atom. The number of halogens is 3. The molecule has 4 rings (SSSR count). The van der Waals surface area contributed by atoms with E-state index in [4.69, 9.17) is 21.1 Å². The summed E-state index contributed by atoms with van der Waals surface area (Å²) in [5.74, 6) is -0.922. The van der Waals surface area contributed by atoms with Crippen molar-refractivity contribution in [2.75, 3.05) is 18.5 Å². The largest absolute Gasteiger partial charge is 0.484 e. The van der Waals surface area contributed by atoms with Gasteiger partial charge in [0.2, 0.25) is 0 Å². The van der Waals surface area contributed by atoms with Gasteiger partial charge in [-0.05, 0) is 55.3 Å². The minimum Gasteiger partial charge on any atom is -0.484 e. The predicted octanol–water partition coefficient (Wildman–Crippen LogP) is 3.89. The average Bonchev–Trinajstić information content (AvgIpc) is 3.48. The van der Waals surface area contributed by atoms with Gasteiger partial charge < -0.3 is 14.8 Å². The summed E-state index contributed by atoms with van der Waals surface area (Å²) in [6.45, 7) is -0.0407. The number of ether oxygens (including phenoxy) is 2. The molecule has 0 aromatic heterocycles. The summed E-state index contributed by atoms with van der Waals surface area (Å²) < 4.78 is 36.8. The minimum absolute atomic E-state index is 0.0392. The van der Waals surface area contributed by atoms with Crippen molar-refractivity contribution in [3.8, 4) is 5.75 Å². The maximum atomic E-state index is 13.4. The summed E-state index contributed by atoms with van der Waals surface area (Å²) in [6, 6.07) is 9.28.